The Morgan fingerprint density at radius 2 is 1.13 bits per heavy atom. The van der Waals surface area contributed by atoms with E-state index in [2.05, 4.69) is 0 Å². The molecular weight excluding hydrogens is 420 g/mol. The Hall–Kier alpha value is -2.49. The molecule has 0 amide bonds. The van der Waals surface area contributed by atoms with E-state index < -0.39 is 21.9 Å². The van der Waals surface area contributed by atoms with Crippen molar-refractivity contribution < 1.29 is 27.4 Å². The predicted molar refractivity (Wildman–Crippen MR) is 121 cm³/mol. The highest BCUT2D eigenvalue weighted by Gasteiger charge is 2.23. The van der Waals surface area contributed by atoms with Gasteiger partial charge >= 0.3 is 0 Å². The molecule has 2 aromatic carbocycles. The highest BCUT2D eigenvalue weighted by molar-refractivity contribution is 7.91. The molecule has 0 saturated carbocycles. The normalized spacial score (nSPS) is 13.4. The van der Waals surface area contributed by atoms with Crippen LogP contribution in [0.25, 0.3) is 0 Å². The van der Waals surface area contributed by atoms with Crippen molar-refractivity contribution in [1.82, 2.24) is 0 Å². The topological polar surface area (TPSA) is 123 Å². The largest absolute Gasteiger partial charge is 0.493 e. The van der Waals surface area contributed by atoms with Gasteiger partial charge in [0.25, 0.3) is 0 Å². The number of benzene rings is 2. The van der Waals surface area contributed by atoms with Crippen molar-refractivity contribution in [2.24, 2.45) is 11.5 Å². The molecule has 0 aliphatic carbocycles. The average molecular weight is 453 g/mol. The average Bonchev–Trinajstić information content (AvgIpc) is 2.73. The Kier molecular flexibility index (Phi) is 8.97. The maximum atomic E-state index is 12.8. The van der Waals surface area contributed by atoms with E-state index in [0.29, 0.717) is 47.3 Å². The summed E-state index contributed by atoms with van der Waals surface area (Å²) in [6.07, 6.45) is 0. The Morgan fingerprint density at radius 3 is 1.45 bits per heavy atom. The van der Waals surface area contributed by atoms with Crippen LogP contribution in [0.5, 0.6) is 23.0 Å². The van der Waals surface area contributed by atoms with Gasteiger partial charge in [0.2, 0.25) is 0 Å². The van der Waals surface area contributed by atoms with Gasteiger partial charge in [-0.15, -0.1) is 0 Å². The molecule has 9 heteroatoms. The van der Waals surface area contributed by atoms with Crippen molar-refractivity contribution in [3.63, 3.8) is 0 Å². The van der Waals surface area contributed by atoms with Crippen LogP contribution in [0.4, 0.5) is 0 Å². The minimum atomic E-state index is -3.55. The van der Waals surface area contributed by atoms with E-state index >= 15 is 0 Å². The van der Waals surface area contributed by atoms with E-state index in [4.69, 9.17) is 30.4 Å². The fourth-order valence-corrected chi connectivity index (χ4v) is 4.81. The van der Waals surface area contributed by atoms with Crippen LogP contribution in [-0.2, 0) is 9.84 Å². The van der Waals surface area contributed by atoms with Crippen molar-refractivity contribution in [2.45, 2.75) is 25.9 Å². The van der Waals surface area contributed by atoms with Crippen LogP contribution in [0.3, 0.4) is 0 Å². The summed E-state index contributed by atoms with van der Waals surface area (Å²) in [6, 6.07) is 8.87. The third kappa shape index (κ3) is 6.75. The summed E-state index contributed by atoms with van der Waals surface area (Å²) < 4.78 is 47.2. The van der Waals surface area contributed by atoms with E-state index in [1.807, 2.05) is 13.8 Å². The first-order chi connectivity index (χ1) is 14.7. The van der Waals surface area contributed by atoms with Gasteiger partial charge in [0.1, 0.15) is 0 Å². The number of hydrogen-bond acceptors (Lipinski definition) is 8. The maximum absolute atomic E-state index is 12.8. The molecule has 2 aromatic rings. The summed E-state index contributed by atoms with van der Waals surface area (Å²) in [5, 5.41) is 0. The summed E-state index contributed by atoms with van der Waals surface area (Å²) in [6.45, 7) is 4.61. The van der Waals surface area contributed by atoms with Gasteiger partial charge in [0.15, 0.2) is 32.8 Å². The van der Waals surface area contributed by atoms with Crippen molar-refractivity contribution in [1.29, 1.82) is 0 Å². The van der Waals surface area contributed by atoms with Crippen LogP contribution in [0, 0.1) is 0 Å². The lowest BCUT2D eigenvalue weighted by atomic mass is 10.1. The lowest BCUT2D eigenvalue weighted by Gasteiger charge is -2.18. The fourth-order valence-electron chi connectivity index (χ4n) is 3.19. The quantitative estimate of drug-likeness (QED) is 0.504. The van der Waals surface area contributed by atoms with Crippen LogP contribution in [0.2, 0.25) is 0 Å². The van der Waals surface area contributed by atoms with Crippen LogP contribution < -0.4 is 30.4 Å². The zero-order valence-electron chi connectivity index (χ0n) is 18.5. The lowest BCUT2D eigenvalue weighted by Crippen LogP contribution is -2.28. The molecule has 0 saturated heterocycles. The molecule has 2 rings (SSSR count). The number of hydrogen-bond donors (Lipinski definition) is 2. The van der Waals surface area contributed by atoms with E-state index in [0.717, 1.165) is 0 Å². The van der Waals surface area contributed by atoms with Crippen molar-refractivity contribution in [3.8, 4) is 23.0 Å². The van der Waals surface area contributed by atoms with Gasteiger partial charge in [-0.2, -0.15) is 0 Å². The molecule has 0 spiro atoms. The Bertz CT molecular complexity index is 893. The van der Waals surface area contributed by atoms with E-state index in [1.165, 1.54) is 0 Å². The Morgan fingerprint density at radius 1 is 0.742 bits per heavy atom. The molecule has 0 aliphatic heterocycles. The van der Waals surface area contributed by atoms with Crippen LogP contribution in [-0.4, -0.2) is 47.4 Å². The zero-order valence-corrected chi connectivity index (χ0v) is 19.3. The second kappa shape index (κ2) is 11.2. The van der Waals surface area contributed by atoms with Gasteiger partial charge in [0.05, 0.1) is 38.9 Å². The highest BCUT2D eigenvalue weighted by Crippen LogP contribution is 2.32. The molecule has 172 valence electrons. The summed E-state index contributed by atoms with van der Waals surface area (Å²) in [7, 11) is -0.470. The molecular formula is C22H32N2O6S. The molecule has 2 atom stereocenters. The summed E-state index contributed by atoms with van der Waals surface area (Å²) in [4.78, 5) is 0. The smallest absolute Gasteiger partial charge is 0.161 e. The second-order valence-electron chi connectivity index (χ2n) is 6.98. The minimum absolute atomic E-state index is 0.243. The molecule has 0 bridgehead atoms. The first kappa shape index (κ1) is 24.8. The summed E-state index contributed by atoms with van der Waals surface area (Å²) >= 11 is 0. The first-order valence-corrected chi connectivity index (χ1v) is 11.9. The third-order valence-electron chi connectivity index (χ3n) is 4.70. The predicted octanol–water partition coefficient (Wildman–Crippen LogP) is 2.62. The standard InChI is InChI=1S/C22H32N2O6S/c1-5-29-21-11-15(7-9-19(21)27-3)17(23)13-31(25,26)14-18(24)16-8-10-20(28-4)22(12-16)30-6-2/h7-12,17-18H,5-6,13-14,23-24H2,1-4H3. The molecule has 8 nitrogen and oxygen atoms in total. The SMILES string of the molecule is CCOc1cc(C(N)CS(=O)(=O)CC(N)c2ccc(OC)c(OCC)c2)ccc1OC. The van der Waals surface area contributed by atoms with Crippen LogP contribution >= 0.6 is 0 Å². The molecule has 2 unspecified atom stereocenters. The van der Waals surface area contributed by atoms with Crippen molar-refractivity contribution in [3.05, 3.63) is 47.5 Å². The third-order valence-corrected chi connectivity index (χ3v) is 6.43. The van der Waals surface area contributed by atoms with Gasteiger partial charge in [0, 0.05) is 12.1 Å². The molecule has 31 heavy (non-hydrogen) atoms. The van der Waals surface area contributed by atoms with E-state index in [-0.39, 0.29) is 11.5 Å². The number of sulfone groups is 1. The molecule has 0 fully saturated rings. The van der Waals surface area contributed by atoms with Crippen molar-refractivity contribution in [2.75, 3.05) is 38.9 Å². The summed E-state index contributed by atoms with van der Waals surface area (Å²) in [5.41, 5.74) is 13.7. The molecule has 0 heterocycles. The fraction of sp³-hybridized carbons (Fsp3) is 0.455. The minimum Gasteiger partial charge on any atom is -0.493 e. The first-order valence-electron chi connectivity index (χ1n) is 10.1. The molecule has 0 radical (unpaired) electrons. The molecule has 4 N–H and O–H groups in total. The Balaban J connectivity index is 2.14. The van der Waals surface area contributed by atoms with Crippen LogP contribution in [0.15, 0.2) is 36.4 Å². The van der Waals surface area contributed by atoms with Gasteiger partial charge in [-0.05, 0) is 49.2 Å². The molecule has 0 aliphatic rings. The van der Waals surface area contributed by atoms with Gasteiger partial charge in [-0.3, -0.25) is 0 Å². The molecule has 0 aromatic heterocycles. The van der Waals surface area contributed by atoms with Crippen LogP contribution in [0.1, 0.15) is 37.1 Å². The monoisotopic (exact) mass is 452 g/mol. The number of nitrogens with two attached hydrogens (primary N) is 2. The van der Waals surface area contributed by atoms with Gasteiger partial charge < -0.3 is 30.4 Å². The lowest BCUT2D eigenvalue weighted by molar-refractivity contribution is 0.310. The number of ether oxygens (including phenoxy) is 4. The van der Waals surface area contributed by atoms with Gasteiger partial charge in [-0.1, -0.05) is 12.1 Å². The van der Waals surface area contributed by atoms with E-state index in [9.17, 15) is 8.42 Å². The van der Waals surface area contributed by atoms with Crippen molar-refractivity contribution >= 4 is 9.84 Å². The second-order valence-corrected chi connectivity index (χ2v) is 9.13. The zero-order chi connectivity index (χ0) is 23.0. The van der Waals surface area contributed by atoms with Gasteiger partial charge in [-0.25, -0.2) is 8.42 Å². The maximum Gasteiger partial charge on any atom is 0.161 e. The number of methoxy groups -OCH3 is 2. The summed E-state index contributed by atoms with van der Waals surface area (Å²) in [5.74, 6) is 1.68. The number of rotatable bonds is 12. The highest BCUT2D eigenvalue weighted by atomic mass is 32.2. The van der Waals surface area contributed by atoms with E-state index in [1.54, 1.807) is 50.6 Å². The Labute approximate surface area is 184 Å².